The van der Waals surface area contributed by atoms with E-state index in [1.165, 1.54) is 7.11 Å². The predicted molar refractivity (Wildman–Crippen MR) is 69.3 cm³/mol. The molecule has 1 aliphatic rings. The molecule has 0 saturated heterocycles. The van der Waals surface area contributed by atoms with Crippen LogP contribution < -0.4 is 4.74 Å². The van der Waals surface area contributed by atoms with Crippen molar-refractivity contribution >= 4 is 29.0 Å². The Morgan fingerprint density at radius 2 is 1.88 bits per heavy atom. The van der Waals surface area contributed by atoms with Gasteiger partial charge in [-0.25, -0.2) is 0 Å². The second kappa shape index (κ2) is 5.28. The molecule has 1 aromatic carbocycles. The van der Waals surface area contributed by atoms with Gasteiger partial charge in [-0.2, -0.15) is 0 Å². The highest BCUT2D eigenvalue weighted by atomic mass is 35.5. The number of hydrogen-bond acceptors (Lipinski definition) is 2. The molecule has 0 aliphatic heterocycles. The Balaban J connectivity index is 2.33. The number of halogens is 2. The van der Waals surface area contributed by atoms with Crippen molar-refractivity contribution in [2.24, 2.45) is 5.92 Å². The van der Waals surface area contributed by atoms with E-state index in [4.69, 9.17) is 27.9 Å². The third-order valence-electron chi connectivity index (χ3n) is 3.23. The third kappa shape index (κ3) is 2.58. The molecule has 1 aliphatic carbocycles. The second-order valence-corrected chi connectivity index (χ2v) is 5.13. The van der Waals surface area contributed by atoms with E-state index in [1.807, 2.05) is 0 Å². The van der Waals surface area contributed by atoms with Crippen LogP contribution in [-0.2, 0) is 0 Å². The van der Waals surface area contributed by atoms with Gasteiger partial charge in [-0.15, -0.1) is 0 Å². The number of carbonyl (C=O) groups excluding carboxylic acids is 1. The van der Waals surface area contributed by atoms with Gasteiger partial charge in [-0.1, -0.05) is 36.0 Å². The summed E-state index contributed by atoms with van der Waals surface area (Å²) < 4.78 is 5.11. The molecule has 4 heteroatoms. The molecule has 1 fully saturated rings. The number of hydrogen-bond donors (Lipinski definition) is 0. The average molecular weight is 273 g/mol. The predicted octanol–water partition coefficient (Wildman–Crippen LogP) is 4.37. The lowest BCUT2D eigenvalue weighted by Crippen LogP contribution is -2.11. The monoisotopic (exact) mass is 272 g/mol. The highest BCUT2D eigenvalue weighted by Gasteiger charge is 2.26. The molecular weight excluding hydrogens is 259 g/mol. The summed E-state index contributed by atoms with van der Waals surface area (Å²) in [6.45, 7) is 0. The number of methoxy groups -OCH3 is 1. The lowest BCUT2D eigenvalue weighted by molar-refractivity contribution is 0.0922. The zero-order chi connectivity index (χ0) is 12.4. The van der Waals surface area contributed by atoms with Crippen LogP contribution in [0.1, 0.15) is 36.0 Å². The van der Waals surface area contributed by atoms with Gasteiger partial charge in [0.25, 0.3) is 0 Å². The van der Waals surface area contributed by atoms with E-state index in [0.717, 1.165) is 25.7 Å². The van der Waals surface area contributed by atoms with E-state index in [0.29, 0.717) is 21.4 Å². The maximum Gasteiger partial charge on any atom is 0.167 e. The second-order valence-electron chi connectivity index (χ2n) is 4.31. The molecule has 0 unspecified atom stereocenters. The molecule has 0 bridgehead atoms. The van der Waals surface area contributed by atoms with Crippen molar-refractivity contribution in [3.05, 3.63) is 27.7 Å². The Hall–Kier alpha value is -0.730. The van der Waals surface area contributed by atoms with E-state index in [9.17, 15) is 4.79 Å². The Bertz CT molecular complexity index is 437. The molecule has 1 saturated carbocycles. The van der Waals surface area contributed by atoms with Gasteiger partial charge in [0.05, 0.1) is 17.2 Å². The average Bonchev–Trinajstić information content (AvgIpc) is 2.82. The van der Waals surface area contributed by atoms with Crippen LogP contribution in [0.3, 0.4) is 0 Å². The fraction of sp³-hybridized carbons (Fsp3) is 0.462. The maximum atomic E-state index is 12.3. The zero-order valence-corrected chi connectivity index (χ0v) is 11.1. The Morgan fingerprint density at radius 1 is 1.24 bits per heavy atom. The van der Waals surface area contributed by atoms with Crippen LogP contribution in [0.15, 0.2) is 12.1 Å². The zero-order valence-electron chi connectivity index (χ0n) is 9.63. The van der Waals surface area contributed by atoms with Crippen molar-refractivity contribution in [3.8, 4) is 5.75 Å². The highest BCUT2D eigenvalue weighted by Crippen LogP contribution is 2.35. The molecular formula is C13H14Cl2O2. The van der Waals surface area contributed by atoms with Crippen molar-refractivity contribution in [1.29, 1.82) is 0 Å². The largest absolute Gasteiger partial charge is 0.495 e. The highest BCUT2D eigenvalue weighted by molar-refractivity contribution is 6.37. The molecule has 0 aromatic heterocycles. The number of ketones is 1. The van der Waals surface area contributed by atoms with Crippen LogP contribution in [-0.4, -0.2) is 12.9 Å². The molecule has 2 nitrogen and oxygen atoms in total. The summed E-state index contributed by atoms with van der Waals surface area (Å²) >= 11 is 12.0. The number of carbonyl (C=O) groups is 1. The maximum absolute atomic E-state index is 12.3. The molecule has 0 atom stereocenters. The summed E-state index contributed by atoms with van der Waals surface area (Å²) in [5.41, 5.74) is 0.528. The van der Waals surface area contributed by atoms with Crippen LogP contribution in [0.25, 0.3) is 0 Å². The normalized spacial score (nSPS) is 16.2. The fourth-order valence-corrected chi connectivity index (χ4v) is 2.84. The molecule has 17 heavy (non-hydrogen) atoms. The van der Waals surface area contributed by atoms with Crippen LogP contribution in [0, 0.1) is 5.92 Å². The van der Waals surface area contributed by atoms with Gasteiger partial charge in [0.15, 0.2) is 5.78 Å². The summed E-state index contributed by atoms with van der Waals surface area (Å²) in [7, 11) is 1.53. The van der Waals surface area contributed by atoms with Crippen molar-refractivity contribution in [3.63, 3.8) is 0 Å². The van der Waals surface area contributed by atoms with Crippen molar-refractivity contribution < 1.29 is 9.53 Å². The first-order chi connectivity index (χ1) is 8.13. The third-order valence-corrected chi connectivity index (χ3v) is 3.84. The molecule has 0 radical (unpaired) electrons. The first kappa shape index (κ1) is 12.7. The van der Waals surface area contributed by atoms with Gasteiger partial charge in [0, 0.05) is 11.5 Å². The summed E-state index contributed by atoms with van der Waals surface area (Å²) in [6.07, 6.45) is 4.16. The van der Waals surface area contributed by atoms with E-state index in [1.54, 1.807) is 12.1 Å². The van der Waals surface area contributed by atoms with Gasteiger partial charge in [0.1, 0.15) is 5.75 Å². The van der Waals surface area contributed by atoms with Crippen molar-refractivity contribution in [1.82, 2.24) is 0 Å². The van der Waals surface area contributed by atoms with Gasteiger partial charge in [0.2, 0.25) is 0 Å². The fourth-order valence-electron chi connectivity index (χ4n) is 2.28. The van der Waals surface area contributed by atoms with Crippen LogP contribution in [0.2, 0.25) is 10.0 Å². The molecule has 2 rings (SSSR count). The molecule has 0 amide bonds. The number of rotatable bonds is 3. The van der Waals surface area contributed by atoms with Crippen LogP contribution >= 0.6 is 23.2 Å². The lowest BCUT2D eigenvalue weighted by atomic mass is 9.96. The Morgan fingerprint density at radius 3 is 2.47 bits per heavy atom. The van der Waals surface area contributed by atoms with Gasteiger partial charge < -0.3 is 4.74 Å². The Labute approximate surface area is 111 Å². The summed E-state index contributed by atoms with van der Waals surface area (Å²) in [5, 5.41) is 0.841. The summed E-state index contributed by atoms with van der Waals surface area (Å²) in [5.74, 6) is 0.721. The number of Topliss-reactive ketones (excluding diaryl/α,β-unsaturated/α-hetero) is 1. The van der Waals surface area contributed by atoms with E-state index < -0.39 is 0 Å². The quantitative estimate of drug-likeness (QED) is 0.764. The van der Waals surface area contributed by atoms with E-state index >= 15 is 0 Å². The lowest BCUT2D eigenvalue weighted by Gasteiger charge is -2.12. The van der Waals surface area contributed by atoms with E-state index in [2.05, 4.69) is 0 Å². The van der Waals surface area contributed by atoms with Crippen molar-refractivity contribution in [2.75, 3.05) is 7.11 Å². The SMILES string of the molecule is COc1cc(C(=O)C2CCCC2)c(Cl)cc1Cl. The first-order valence-corrected chi connectivity index (χ1v) is 6.46. The minimum atomic E-state index is 0.110. The molecule has 1 aromatic rings. The molecule has 0 N–H and O–H groups in total. The number of ether oxygens (including phenoxy) is 1. The number of benzene rings is 1. The standard InChI is InChI=1S/C13H14Cl2O2/c1-17-12-6-9(10(14)7-11(12)15)13(16)8-4-2-3-5-8/h6-8H,2-5H2,1H3. The molecule has 0 heterocycles. The van der Waals surface area contributed by atoms with Gasteiger partial charge in [-0.3, -0.25) is 4.79 Å². The first-order valence-electron chi connectivity index (χ1n) is 5.70. The van der Waals surface area contributed by atoms with Crippen LogP contribution in [0.4, 0.5) is 0 Å². The summed E-state index contributed by atoms with van der Waals surface area (Å²) in [4.78, 5) is 12.3. The van der Waals surface area contributed by atoms with E-state index in [-0.39, 0.29) is 11.7 Å². The molecule has 92 valence electrons. The van der Waals surface area contributed by atoms with Gasteiger partial charge >= 0.3 is 0 Å². The minimum Gasteiger partial charge on any atom is -0.495 e. The molecule has 0 spiro atoms. The van der Waals surface area contributed by atoms with Crippen LogP contribution in [0.5, 0.6) is 5.75 Å². The summed E-state index contributed by atoms with van der Waals surface area (Å²) in [6, 6.07) is 3.22. The Kier molecular flexibility index (Phi) is 3.95. The van der Waals surface area contributed by atoms with Crippen molar-refractivity contribution in [2.45, 2.75) is 25.7 Å². The topological polar surface area (TPSA) is 26.3 Å². The smallest absolute Gasteiger partial charge is 0.167 e. The van der Waals surface area contributed by atoms with Gasteiger partial charge in [-0.05, 0) is 25.0 Å². The minimum absolute atomic E-state index is 0.110.